The van der Waals surface area contributed by atoms with Gasteiger partial charge in [0.05, 0.1) is 5.56 Å². The fraction of sp³-hybridized carbons (Fsp3) is 0.562. The Morgan fingerprint density at radius 1 is 1.35 bits per heavy atom. The fourth-order valence-electron chi connectivity index (χ4n) is 3.05. The zero-order valence-electron chi connectivity index (χ0n) is 11.9. The first-order valence-corrected chi connectivity index (χ1v) is 7.26. The van der Waals surface area contributed by atoms with E-state index >= 15 is 0 Å². The van der Waals surface area contributed by atoms with Gasteiger partial charge in [0, 0.05) is 13.1 Å². The number of hydrogen-bond acceptors (Lipinski definition) is 2. The Labute approximate surface area is 119 Å². The Balaban J connectivity index is 1.99. The lowest BCUT2D eigenvalue weighted by Gasteiger charge is -2.27. The molecule has 20 heavy (non-hydrogen) atoms. The van der Waals surface area contributed by atoms with Gasteiger partial charge in [0.2, 0.25) is 0 Å². The molecule has 3 nitrogen and oxygen atoms in total. The van der Waals surface area contributed by atoms with Crippen molar-refractivity contribution in [2.75, 3.05) is 13.6 Å². The average Bonchev–Trinajstić information content (AvgIpc) is 2.41. The predicted molar refractivity (Wildman–Crippen MR) is 76.3 cm³/mol. The molecule has 0 heterocycles. The van der Waals surface area contributed by atoms with Crippen LogP contribution < -0.4 is 0 Å². The number of carboxylic acid groups (broad SMARTS) is 1. The predicted octanol–water partition coefficient (Wildman–Crippen LogP) is 3.54. The number of hydrogen-bond donors (Lipinski definition) is 1. The van der Waals surface area contributed by atoms with Crippen molar-refractivity contribution in [2.45, 2.75) is 38.6 Å². The smallest absolute Gasteiger partial charge is 0.336 e. The van der Waals surface area contributed by atoms with E-state index in [1.165, 1.54) is 38.2 Å². The van der Waals surface area contributed by atoms with Gasteiger partial charge in [-0.3, -0.25) is 0 Å². The van der Waals surface area contributed by atoms with Gasteiger partial charge in [-0.15, -0.1) is 0 Å². The molecule has 1 fully saturated rings. The molecule has 1 aliphatic carbocycles. The van der Waals surface area contributed by atoms with Crippen molar-refractivity contribution < 1.29 is 14.3 Å². The SMILES string of the molecule is CN(Cc1ccc(F)cc1C(=O)O)CC1CCCCC1. The minimum Gasteiger partial charge on any atom is -0.478 e. The molecule has 1 N–H and O–H groups in total. The number of nitrogens with zero attached hydrogens (tertiary/aromatic N) is 1. The lowest BCUT2D eigenvalue weighted by Crippen LogP contribution is -2.27. The molecule has 0 radical (unpaired) electrons. The summed E-state index contributed by atoms with van der Waals surface area (Å²) in [6.45, 7) is 1.54. The van der Waals surface area contributed by atoms with E-state index in [0.717, 1.165) is 12.6 Å². The second-order valence-electron chi connectivity index (χ2n) is 5.81. The lowest BCUT2D eigenvalue weighted by atomic mass is 9.89. The number of aromatic carboxylic acids is 1. The van der Waals surface area contributed by atoms with Crippen LogP contribution in [0.2, 0.25) is 0 Å². The van der Waals surface area contributed by atoms with E-state index in [-0.39, 0.29) is 5.56 Å². The van der Waals surface area contributed by atoms with E-state index < -0.39 is 11.8 Å². The van der Waals surface area contributed by atoms with Crippen molar-refractivity contribution in [1.82, 2.24) is 4.90 Å². The molecule has 0 aromatic heterocycles. The van der Waals surface area contributed by atoms with Gasteiger partial charge >= 0.3 is 5.97 Å². The molecule has 0 amide bonds. The van der Waals surface area contributed by atoms with Gasteiger partial charge in [-0.2, -0.15) is 0 Å². The molecule has 4 heteroatoms. The first-order chi connectivity index (χ1) is 9.56. The van der Waals surface area contributed by atoms with Crippen molar-refractivity contribution in [2.24, 2.45) is 5.92 Å². The first-order valence-electron chi connectivity index (χ1n) is 7.26. The molecule has 110 valence electrons. The highest BCUT2D eigenvalue weighted by Gasteiger charge is 2.17. The summed E-state index contributed by atoms with van der Waals surface area (Å²) in [4.78, 5) is 13.3. The largest absolute Gasteiger partial charge is 0.478 e. The van der Waals surface area contributed by atoms with E-state index in [1.54, 1.807) is 6.07 Å². The summed E-state index contributed by atoms with van der Waals surface area (Å²) in [7, 11) is 2.00. The van der Waals surface area contributed by atoms with Gasteiger partial charge in [0.15, 0.2) is 0 Å². The van der Waals surface area contributed by atoms with Crippen LogP contribution in [0.15, 0.2) is 18.2 Å². The molecule has 1 aliphatic rings. The summed E-state index contributed by atoms with van der Waals surface area (Å²) in [5.74, 6) is -0.853. The molecule has 0 atom stereocenters. The maximum Gasteiger partial charge on any atom is 0.336 e. The Morgan fingerprint density at radius 3 is 2.70 bits per heavy atom. The van der Waals surface area contributed by atoms with Crippen molar-refractivity contribution in [3.63, 3.8) is 0 Å². The first kappa shape index (κ1) is 15.0. The van der Waals surface area contributed by atoms with Crippen LogP contribution in [0.3, 0.4) is 0 Å². The molecule has 0 bridgehead atoms. The number of rotatable bonds is 5. The molecule has 0 unspecified atom stereocenters. The van der Waals surface area contributed by atoms with Crippen molar-refractivity contribution in [3.05, 3.63) is 35.1 Å². The van der Waals surface area contributed by atoms with Crippen LogP contribution in [0.1, 0.15) is 48.0 Å². The van der Waals surface area contributed by atoms with Crippen molar-refractivity contribution in [1.29, 1.82) is 0 Å². The average molecular weight is 279 g/mol. The lowest BCUT2D eigenvalue weighted by molar-refractivity contribution is 0.0694. The van der Waals surface area contributed by atoms with E-state index in [9.17, 15) is 9.18 Å². The van der Waals surface area contributed by atoms with Gasteiger partial charge in [0.1, 0.15) is 5.82 Å². The van der Waals surface area contributed by atoms with E-state index in [0.29, 0.717) is 18.0 Å². The van der Waals surface area contributed by atoms with E-state index in [1.807, 2.05) is 7.05 Å². The Kier molecular flexibility index (Phi) is 5.12. The molecule has 1 aromatic carbocycles. The number of benzene rings is 1. The van der Waals surface area contributed by atoms with Gasteiger partial charge < -0.3 is 10.0 Å². The normalized spacial score (nSPS) is 16.6. The minimum atomic E-state index is -1.06. The van der Waals surface area contributed by atoms with Crippen LogP contribution in [0.4, 0.5) is 4.39 Å². The number of carbonyl (C=O) groups is 1. The highest BCUT2D eigenvalue weighted by atomic mass is 19.1. The third-order valence-corrected chi connectivity index (χ3v) is 4.04. The summed E-state index contributed by atoms with van der Waals surface area (Å²) in [5.41, 5.74) is 0.748. The van der Waals surface area contributed by atoms with E-state index in [4.69, 9.17) is 5.11 Å². The highest BCUT2D eigenvalue weighted by molar-refractivity contribution is 5.89. The van der Waals surface area contributed by atoms with E-state index in [2.05, 4.69) is 4.90 Å². The molecule has 0 aliphatic heterocycles. The number of halogens is 1. The zero-order chi connectivity index (χ0) is 14.5. The summed E-state index contributed by atoms with van der Waals surface area (Å²) < 4.78 is 13.1. The molecular weight excluding hydrogens is 257 g/mol. The van der Waals surface area contributed by atoms with Gasteiger partial charge in [0.25, 0.3) is 0 Å². The number of carboxylic acids is 1. The maximum absolute atomic E-state index is 13.1. The molecule has 1 saturated carbocycles. The minimum absolute atomic E-state index is 0.0699. The molecule has 2 rings (SSSR count). The highest BCUT2D eigenvalue weighted by Crippen LogP contribution is 2.24. The summed E-state index contributed by atoms with van der Waals surface area (Å²) in [6.07, 6.45) is 6.46. The second kappa shape index (κ2) is 6.84. The standard InChI is InChI=1S/C16H22FNO2/c1-18(10-12-5-3-2-4-6-12)11-13-7-8-14(17)9-15(13)16(19)20/h7-9,12H,2-6,10-11H2,1H3,(H,19,20). The summed E-state index contributed by atoms with van der Waals surface area (Å²) in [5, 5.41) is 9.14. The Hall–Kier alpha value is -1.42. The fourth-order valence-corrected chi connectivity index (χ4v) is 3.05. The van der Waals surface area contributed by atoms with Crippen molar-refractivity contribution in [3.8, 4) is 0 Å². The van der Waals surface area contributed by atoms with Crippen LogP contribution in [-0.4, -0.2) is 29.6 Å². The van der Waals surface area contributed by atoms with Crippen LogP contribution >= 0.6 is 0 Å². The second-order valence-corrected chi connectivity index (χ2v) is 5.81. The summed E-state index contributed by atoms with van der Waals surface area (Å²) in [6, 6.07) is 4.01. The van der Waals surface area contributed by atoms with Crippen LogP contribution in [0, 0.1) is 11.7 Å². The molecule has 0 spiro atoms. The van der Waals surface area contributed by atoms with Crippen LogP contribution in [0.25, 0.3) is 0 Å². The van der Waals surface area contributed by atoms with Crippen LogP contribution in [0.5, 0.6) is 0 Å². The third kappa shape index (κ3) is 4.04. The van der Waals surface area contributed by atoms with Gasteiger partial charge in [-0.1, -0.05) is 25.3 Å². The Morgan fingerprint density at radius 2 is 2.05 bits per heavy atom. The quantitative estimate of drug-likeness (QED) is 0.896. The van der Waals surface area contributed by atoms with Crippen molar-refractivity contribution >= 4 is 5.97 Å². The third-order valence-electron chi connectivity index (χ3n) is 4.04. The monoisotopic (exact) mass is 279 g/mol. The van der Waals surface area contributed by atoms with Gasteiger partial charge in [-0.05, 0) is 43.5 Å². The molecule has 0 saturated heterocycles. The van der Waals surface area contributed by atoms with Crippen LogP contribution in [-0.2, 0) is 6.54 Å². The zero-order valence-corrected chi connectivity index (χ0v) is 11.9. The summed E-state index contributed by atoms with van der Waals surface area (Å²) >= 11 is 0. The molecular formula is C16H22FNO2. The molecule has 1 aromatic rings. The topological polar surface area (TPSA) is 40.5 Å². The van der Waals surface area contributed by atoms with Gasteiger partial charge in [-0.25, -0.2) is 9.18 Å². The Bertz CT molecular complexity index is 470. The maximum atomic E-state index is 13.1.